The highest BCUT2D eigenvalue weighted by Crippen LogP contribution is 2.36. The molecule has 0 aliphatic heterocycles. The van der Waals surface area contributed by atoms with Crippen LogP contribution >= 0.6 is 0 Å². The van der Waals surface area contributed by atoms with Gasteiger partial charge in [0.15, 0.2) is 0 Å². The van der Waals surface area contributed by atoms with Crippen molar-refractivity contribution in [2.24, 2.45) is 0 Å². The smallest absolute Gasteiger partial charge is 0.166 e. The fourth-order valence-electron chi connectivity index (χ4n) is 1.32. The van der Waals surface area contributed by atoms with Gasteiger partial charge in [-0.25, -0.2) is 0 Å². The molecule has 0 N–H and O–H groups in total. The molecule has 74 valence electrons. The second kappa shape index (κ2) is 3.15. The maximum Gasteiger partial charge on any atom is 0.416 e. The highest BCUT2D eigenvalue weighted by Gasteiger charge is 2.32. The molecule has 1 aliphatic carbocycles. The van der Waals surface area contributed by atoms with Crippen molar-refractivity contribution in [3.63, 3.8) is 0 Å². The molecule has 1 aliphatic rings. The van der Waals surface area contributed by atoms with Gasteiger partial charge < -0.3 is 0 Å². The normalized spacial score (nSPS) is 15.5. The largest absolute Gasteiger partial charge is 0.416 e. The summed E-state index contributed by atoms with van der Waals surface area (Å²) in [4.78, 5) is 0. The summed E-state index contributed by atoms with van der Waals surface area (Å²) in [5, 5.41) is 0. The third-order valence-electron chi connectivity index (χ3n) is 2.16. The lowest BCUT2D eigenvalue weighted by Gasteiger charge is -2.09. The minimum Gasteiger partial charge on any atom is -0.166 e. The van der Waals surface area contributed by atoms with Crippen molar-refractivity contribution >= 4 is 6.08 Å². The number of benzene rings is 1. The zero-order valence-electron chi connectivity index (χ0n) is 7.43. The highest BCUT2D eigenvalue weighted by molar-refractivity contribution is 5.60. The summed E-state index contributed by atoms with van der Waals surface area (Å²) in [6, 6.07) is 5.67. The molecular weight excluding hydrogens is 189 g/mol. The molecule has 0 radical (unpaired) electrons. The molecular formula is C11H9F3. The van der Waals surface area contributed by atoms with Crippen LogP contribution in [0.15, 0.2) is 29.8 Å². The predicted octanol–water partition coefficient (Wildman–Crippen LogP) is 3.88. The van der Waals surface area contributed by atoms with E-state index in [-0.39, 0.29) is 5.56 Å². The third-order valence-corrected chi connectivity index (χ3v) is 2.16. The van der Waals surface area contributed by atoms with E-state index in [1.807, 2.05) is 0 Å². The van der Waals surface area contributed by atoms with E-state index in [4.69, 9.17) is 0 Å². The minimum atomic E-state index is -4.25. The highest BCUT2D eigenvalue weighted by atomic mass is 19.4. The molecule has 0 bridgehead atoms. The summed E-state index contributed by atoms with van der Waals surface area (Å²) >= 11 is 0. The summed E-state index contributed by atoms with van der Waals surface area (Å²) in [6.07, 6.45) is -0.732. The standard InChI is InChI=1S/C11H9F3/c12-11(13,14)10-4-2-1-3-9(10)7-8-5-6-8/h1-4,7H,5-6H2. The first-order valence-corrected chi connectivity index (χ1v) is 4.43. The van der Waals surface area contributed by atoms with Gasteiger partial charge in [0.1, 0.15) is 0 Å². The Labute approximate surface area is 80.1 Å². The van der Waals surface area contributed by atoms with E-state index in [9.17, 15) is 13.2 Å². The summed E-state index contributed by atoms with van der Waals surface area (Å²) in [5.74, 6) is 0. The fraction of sp³-hybridized carbons (Fsp3) is 0.273. The Morgan fingerprint density at radius 3 is 2.29 bits per heavy atom. The minimum absolute atomic E-state index is 0.285. The Balaban J connectivity index is 2.43. The van der Waals surface area contributed by atoms with Crippen LogP contribution in [-0.2, 0) is 6.18 Å². The van der Waals surface area contributed by atoms with Crippen LogP contribution in [0.4, 0.5) is 13.2 Å². The van der Waals surface area contributed by atoms with Crippen LogP contribution in [0, 0.1) is 0 Å². The molecule has 3 heteroatoms. The Morgan fingerprint density at radius 2 is 1.71 bits per heavy atom. The van der Waals surface area contributed by atoms with Gasteiger partial charge in [0, 0.05) is 0 Å². The maximum absolute atomic E-state index is 12.5. The summed E-state index contributed by atoms with van der Waals surface area (Å²) in [6.45, 7) is 0. The van der Waals surface area contributed by atoms with Crippen LogP contribution < -0.4 is 0 Å². The van der Waals surface area contributed by atoms with Crippen molar-refractivity contribution in [3.05, 3.63) is 41.0 Å². The Hall–Kier alpha value is -1.25. The number of hydrogen-bond donors (Lipinski definition) is 0. The lowest BCUT2D eigenvalue weighted by molar-refractivity contribution is -0.137. The van der Waals surface area contributed by atoms with Gasteiger partial charge in [-0.05, 0) is 24.5 Å². The average Bonchev–Trinajstić information content (AvgIpc) is 2.87. The van der Waals surface area contributed by atoms with Crippen LogP contribution in [0.2, 0.25) is 0 Å². The van der Waals surface area contributed by atoms with Crippen molar-refractivity contribution in [3.8, 4) is 0 Å². The van der Waals surface area contributed by atoms with Crippen molar-refractivity contribution in [1.29, 1.82) is 0 Å². The molecule has 1 aromatic rings. The van der Waals surface area contributed by atoms with E-state index in [1.54, 1.807) is 12.1 Å². The number of allylic oxidation sites excluding steroid dienone is 1. The van der Waals surface area contributed by atoms with Gasteiger partial charge in [0.2, 0.25) is 0 Å². The van der Waals surface area contributed by atoms with E-state index in [2.05, 4.69) is 0 Å². The average molecular weight is 198 g/mol. The lowest BCUT2D eigenvalue weighted by atomic mass is 10.1. The van der Waals surface area contributed by atoms with Gasteiger partial charge in [0.25, 0.3) is 0 Å². The van der Waals surface area contributed by atoms with E-state index in [0.717, 1.165) is 24.5 Å². The molecule has 2 rings (SSSR count). The van der Waals surface area contributed by atoms with Crippen molar-refractivity contribution in [2.75, 3.05) is 0 Å². The van der Waals surface area contributed by atoms with Crippen molar-refractivity contribution < 1.29 is 13.2 Å². The molecule has 0 spiro atoms. The molecule has 0 saturated heterocycles. The van der Waals surface area contributed by atoms with E-state index >= 15 is 0 Å². The van der Waals surface area contributed by atoms with E-state index < -0.39 is 11.7 Å². The van der Waals surface area contributed by atoms with Crippen molar-refractivity contribution in [1.82, 2.24) is 0 Å². The van der Waals surface area contributed by atoms with Crippen LogP contribution in [0.25, 0.3) is 6.08 Å². The monoisotopic (exact) mass is 198 g/mol. The first kappa shape index (κ1) is 9.31. The molecule has 1 fully saturated rings. The first-order chi connectivity index (χ1) is 6.57. The van der Waals surface area contributed by atoms with Gasteiger partial charge in [-0.1, -0.05) is 29.8 Å². The number of rotatable bonds is 1. The predicted molar refractivity (Wildman–Crippen MR) is 48.7 cm³/mol. The zero-order chi connectivity index (χ0) is 10.2. The summed E-state index contributed by atoms with van der Waals surface area (Å²) < 4.78 is 37.5. The molecule has 0 aromatic heterocycles. The van der Waals surface area contributed by atoms with Crippen LogP contribution in [0.3, 0.4) is 0 Å². The van der Waals surface area contributed by atoms with Crippen LogP contribution in [-0.4, -0.2) is 0 Å². The van der Waals surface area contributed by atoms with Gasteiger partial charge in [0.05, 0.1) is 5.56 Å². The fourth-order valence-corrected chi connectivity index (χ4v) is 1.32. The van der Waals surface area contributed by atoms with Gasteiger partial charge >= 0.3 is 6.18 Å². The summed E-state index contributed by atoms with van der Waals surface area (Å²) in [7, 11) is 0. The van der Waals surface area contributed by atoms with E-state index in [0.29, 0.717) is 0 Å². The Kier molecular flexibility index (Phi) is 2.10. The zero-order valence-corrected chi connectivity index (χ0v) is 7.43. The molecule has 1 saturated carbocycles. The molecule has 14 heavy (non-hydrogen) atoms. The van der Waals surface area contributed by atoms with Gasteiger partial charge in [-0.3, -0.25) is 0 Å². The Bertz CT molecular complexity index is 368. The third kappa shape index (κ3) is 1.97. The quantitative estimate of drug-likeness (QED) is 0.642. The molecule has 0 nitrogen and oxygen atoms in total. The molecule has 0 atom stereocenters. The van der Waals surface area contributed by atoms with Crippen LogP contribution in [0.5, 0.6) is 0 Å². The SMILES string of the molecule is FC(F)(F)c1ccccc1C=C1CC1. The lowest BCUT2D eigenvalue weighted by Crippen LogP contribution is -2.06. The topological polar surface area (TPSA) is 0 Å². The molecule has 0 unspecified atom stereocenters. The second-order valence-corrected chi connectivity index (χ2v) is 3.39. The molecule has 1 aromatic carbocycles. The number of hydrogen-bond acceptors (Lipinski definition) is 0. The maximum atomic E-state index is 12.5. The van der Waals surface area contributed by atoms with Gasteiger partial charge in [-0.2, -0.15) is 13.2 Å². The van der Waals surface area contributed by atoms with Gasteiger partial charge in [-0.15, -0.1) is 0 Å². The first-order valence-electron chi connectivity index (χ1n) is 4.43. The van der Waals surface area contributed by atoms with E-state index in [1.165, 1.54) is 12.1 Å². The number of halogens is 3. The Morgan fingerprint density at radius 1 is 1.07 bits per heavy atom. The number of alkyl halides is 3. The molecule has 0 heterocycles. The second-order valence-electron chi connectivity index (χ2n) is 3.39. The van der Waals surface area contributed by atoms with Crippen molar-refractivity contribution in [2.45, 2.75) is 19.0 Å². The summed E-state index contributed by atoms with van der Waals surface area (Å²) in [5.41, 5.74) is 0.841. The van der Waals surface area contributed by atoms with Crippen LogP contribution in [0.1, 0.15) is 24.0 Å². The molecule has 0 amide bonds.